The second-order valence-corrected chi connectivity index (χ2v) is 6.35. The average molecular weight is 395 g/mol. The second-order valence-electron chi connectivity index (χ2n) is 6.35. The SMILES string of the molecule is COc1ccccc1-c1noc(COC(=O)CNC(=O)c2ccc(C)c(C)c2)n1. The van der Waals surface area contributed by atoms with Crippen LogP contribution in [0.15, 0.2) is 47.0 Å². The average Bonchev–Trinajstić information content (AvgIpc) is 3.21. The predicted octanol–water partition coefficient (Wildman–Crippen LogP) is 2.84. The zero-order valence-electron chi connectivity index (χ0n) is 16.4. The van der Waals surface area contributed by atoms with E-state index < -0.39 is 5.97 Å². The van der Waals surface area contributed by atoms with Crippen molar-refractivity contribution in [3.63, 3.8) is 0 Å². The van der Waals surface area contributed by atoms with Gasteiger partial charge in [-0.3, -0.25) is 9.59 Å². The Morgan fingerprint density at radius 1 is 1.10 bits per heavy atom. The monoisotopic (exact) mass is 395 g/mol. The summed E-state index contributed by atoms with van der Waals surface area (Å²) in [6.45, 7) is 3.43. The number of carbonyl (C=O) groups excluding carboxylic acids is 2. The van der Waals surface area contributed by atoms with Gasteiger partial charge in [0.2, 0.25) is 5.82 Å². The Balaban J connectivity index is 1.51. The van der Waals surface area contributed by atoms with Crippen LogP contribution in [-0.4, -0.2) is 35.7 Å². The van der Waals surface area contributed by atoms with Crippen molar-refractivity contribution < 1.29 is 23.6 Å². The highest BCUT2D eigenvalue weighted by Crippen LogP contribution is 2.27. The van der Waals surface area contributed by atoms with Crippen LogP contribution in [0.25, 0.3) is 11.4 Å². The van der Waals surface area contributed by atoms with Gasteiger partial charge in [0.25, 0.3) is 11.8 Å². The van der Waals surface area contributed by atoms with E-state index in [1.54, 1.807) is 31.4 Å². The molecule has 0 aliphatic rings. The van der Waals surface area contributed by atoms with Crippen LogP contribution in [0.2, 0.25) is 0 Å². The molecule has 0 atom stereocenters. The minimum absolute atomic E-state index is 0.139. The number of nitrogens with one attached hydrogen (secondary N) is 1. The first kappa shape index (κ1) is 20.1. The van der Waals surface area contributed by atoms with Crippen molar-refractivity contribution in [2.24, 2.45) is 0 Å². The minimum Gasteiger partial charge on any atom is -0.496 e. The molecule has 0 aliphatic carbocycles. The summed E-state index contributed by atoms with van der Waals surface area (Å²) in [5.74, 6) is 0.114. The topological polar surface area (TPSA) is 104 Å². The molecule has 3 rings (SSSR count). The highest BCUT2D eigenvalue weighted by molar-refractivity contribution is 5.96. The van der Waals surface area contributed by atoms with Crippen molar-refractivity contribution in [1.29, 1.82) is 0 Å². The Morgan fingerprint density at radius 3 is 2.66 bits per heavy atom. The molecule has 150 valence electrons. The number of benzene rings is 2. The van der Waals surface area contributed by atoms with Gasteiger partial charge in [0.1, 0.15) is 12.3 Å². The normalized spacial score (nSPS) is 10.4. The van der Waals surface area contributed by atoms with Crippen molar-refractivity contribution in [3.8, 4) is 17.1 Å². The summed E-state index contributed by atoms with van der Waals surface area (Å²) < 4.78 is 15.5. The van der Waals surface area contributed by atoms with Crippen molar-refractivity contribution in [1.82, 2.24) is 15.5 Å². The summed E-state index contributed by atoms with van der Waals surface area (Å²) in [6.07, 6.45) is 0. The summed E-state index contributed by atoms with van der Waals surface area (Å²) in [6, 6.07) is 12.6. The number of amides is 1. The Bertz CT molecular complexity index is 1030. The predicted molar refractivity (Wildman–Crippen MR) is 104 cm³/mol. The van der Waals surface area contributed by atoms with E-state index in [1.807, 2.05) is 32.0 Å². The van der Waals surface area contributed by atoms with E-state index in [0.717, 1.165) is 11.1 Å². The summed E-state index contributed by atoms with van der Waals surface area (Å²) in [5.41, 5.74) is 3.24. The molecule has 8 nitrogen and oxygen atoms in total. The molecule has 0 fully saturated rings. The Kier molecular flexibility index (Phi) is 6.23. The van der Waals surface area contributed by atoms with E-state index in [4.69, 9.17) is 14.0 Å². The summed E-state index contributed by atoms with van der Waals surface area (Å²) in [4.78, 5) is 28.2. The zero-order valence-corrected chi connectivity index (χ0v) is 16.4. The molecule has 3 aromatic rings. The lowest BCUT2D eigenvalue weighted by atomic mass is 10.1. The van der Waals surface area contributed by atoms with E-state index in [0.29, 0.717) is 22.7 Å². The fourth-order valence-corrected chi connectivity index (χ4v) is 2.58. The third-order valence-electron chi connectivity index (χ3n) is 4.33. The number of methoxy groups -OCH3 is 1. The molecule has 8 heteroatoms. The second kappa shape index (κ2) is 9.01. The van der Waals surface area contributed by atoms with Crippen molar-refractivity contribution in [2.75, 3.05) is 13.7 Å². The number of carbonyl (C=O) groups is 2. The van der Waals surface area contributed by atoms with Crippen LogP contribution in [0.5, 0.6) is 5.75 Å². The first-order chi connectivity index (χ1) is 14.0. The fourth-order valence-electron chi connectivity index (χ4n) is 2.58. The third kappa shape index (κ3) is 4.98. The molecule has 2 aromatic carbocycles. The van der Waals surface area contributed by atoms with Gasteiger partial charge in [-0.15, -0.1) is 0 Å². The van der Waals surface area contributed by atoms with Gasteiger partial charge >= 0.3 is 5.97 Å². The van der Waals surface area contributed by atoms with E-state index >= 15 is 0 Å². The Labute approximate surface area is 167 Å². The number of para-hydroxylation sites is 1. The third-order valence-corrected chi connectivity index (χ3v) is 4.33. The first-order valence-corrected chi connectivity index (χ1v) is 8.95. The smallest absolute Gasteiger partial charge is 0.325 e. The molecule has 0 radical (unpaired) electrons. The van der Waals surface area contributed by atoms with E-state index in [9.17, 15) is 9.59 Å². The summed E-state index contributed by atoms with van der Waals surface area (Å²) >= 11 is 0. The van der Waals surface area contributed by atoms with Crippen LogP contribution < -0.4 is 10.1 Å². The fraction of sp³-hybridized carbons (Fsp3) is 0.238. The van der Waals surface area contributed by atoms with Crippen molar-refractivity contribution >= 4 is 11.9 Å². The molecule has 1 N–H and O–H groups in total. The molecule has 0 saturated heterocycles. The van der Waals surface area contributed by atoms with Gasteiger partial charge in [-0.1, -0.05) is 23.4 Å². The highest BCUT2D eigenvalue weighted by Gasteiger charge is 2.15. The summed E-state index contributed by atoms with van der Waals surface area (Å²) in [5, 5.41) is 6.41. The summed E-state index contributed by atoms with van der Waals surface area (Å²) in [7, 11) is 1.55. The number of nitrogens with zero attached hydrogens (tertiary/aromatic N) is 2. The maximum absolute atomic E-state index is 12.1. The number of rotatable bonds is 7. The maximum atomic E-state index is 12.1. The Morgan fingerprint density at radius 2 is 1.90 bits per heavy atom. The lowest BCUT2D eigenvalue weighted by Crippen LogP contribution is -2.30. The van der Waals surface area contributed by atoms with Gasteiger partial charge in [-0.25, -0.2) is 0 Å². The minimum atomic E-state index is -0.612. The van der Waals surface area contributed by atoms with Gasteiger partial charge < -0.3 is 19.3 Å². The first-order valence-electron chi connectivity index (χ1n) is 8.95. The molecule has 0 aliphatic heterocycles. The molecule has 1 amide bonds. The van der Waals surface area contributed by atoms with Crippen LogP contribution in [0.4, 0.5) is 0 Å². The zero-order chi connectivity index (χ0) is 20.8. The van der Waals surface area contributed by atoms with E-state index in [1.165, 1.54) is 0 Å². The van der Waals surface area contributed by atoms with E-state index in [2.05, 4.69) is 15.5 Å². The van der Waals surface area contributed by atoms with Gasteiger partial charge in [0.05, 0.1) is 12.7 Å². The molecular weight excluding hydrogens is 374 g/mol. The van der Waals surface area contributed by atoms with Gasteiger partial charge in [-0.2, -0.15) is 4.98 Å². The quantitative estimate of drug-likeness (QED) is 0.614. The maximum Gasteiger partial charge on any atom is 0.325 e. The molecule has 1 aromatic heterocycles. The van der Waals surface area contributed by atoms with Crippen LogP contribution in [0, 0.1) is 13.8 Å². The van der Waals surface area contributed by atoms with Crippen LogP contribution in [0.1, 0.15) is 27.4 Å². The number of esters is 1. The number of ether oxygens (including phenoxy) is 2. The lowest BCUT2D eigenvalue weighted by Gasteiger charge is -2.07. The molecule has 0 unspecified atom stereocenters. The van der Waals surface area contributed by atoms with Crippen LogP contribution in [-0.2, 0) is 16.1 Å². The van der Waals surface area contributed by atoms with Crippen LogP contribution in [0.3, 0.4) is 0 Å². The molecule has 0 spiro atoms. The lowest BCUT2D eigenvalue weighted by molar-refractivity contribution is -0.144. The van der Waals surface area contributed by atoms with E-state index in [-0.39, 0.29) is 24.9 Å². The van der Waals surface area contributed by atoms with Gasteiger partial charge in [-0.05, 0) is 49.2 Å². The Hall–Kier alpha value is -3.68. The van der Waals surface area contributed by atoms with Gasteiger partial charge in [0, 0.05) is 5.56 Å². The van der Waals surface area contributed by atoms with Crippen molar-refractivity contribution in [3.05, 3.63) is 65.0 Å². The molecule has 0 saturated carbocycles. The number of hydrogen-bond acceptors (Lipinski definition) is 7. The van der Waals surface area contributed by atoms with Crippen LogP contribution >= 0.6 is 0 Å². The molecule has 29 heavy (non-hydrogen) atoms. The molecular formula is C21H21N3O5. The number of aromatic nitrogens is 2. The van der Waals surface area contributed by atoms with Gasteiger partial charge in [0.15, 0.2) is 6.61 Å². The molecule has 0 bridgehead atoms. The number of aryl methyl sites for hydroxylation is 2. The standard InChI is InChI=1S/C21H21N3O5/c1-13-8-9-15(10-14(13)2)21(26)22-11-19(25)28-12-18-23-20(24-29-18)16-6-4-5-7-17(16)27-3/h4-10H,11-12H2,1-3H3,(H,22,26). The highest BCUT2D eigenvalue weighted by atomic mass is 16.6. The largest absolute Gasteiger partial charge is 0.496 e. The number of hydrogen-bond donors (Lipinski definition) is 1. The van der Waals surface area contributed by atoms with Crippen molar-refractivity contribution in [2.45, 2.75) is 20.5 Å². The molecule has 1 heterocycles.